The van der Waals surface area contributed by atoms with E-state index in [1.165, 1.54) is 0 Å². The average molecular weight is 388 g/mol. The summed E-state index contributed by atoms with van der Waals surface area (Å²) in [7, 11) is 0. The van der Waals surface area contributed by atoms with Gasteiger partial charge in [-0.05, 0) is 43.7 Å². The third-order valence-electron chi connectivity index (χ3n) is 4.50. The van der Waals surface area contributed by atoms with E-state index in [0.29, 0.717) is 29.2 Å². The standard InChI is InChI=1S/C24H24N2O3/c1-3-29-22-16-10-8-14-20(22)24(28)26-21-15-9-7-13-19(21)23(27)25-17(2)18-11-5-4-6-12-18/h4-17H,3H2,1-2H3,(H,25,27)(H,26,28)/t17-/m0/s1. The second-order valence-corrected chi connectivity index (χ2v) is 6.53. The minimum absolute atomic E-state index is 0.161. The quantitative estimate of drug-likeness (QED) is 0.609. The maximum Gasteiger partial charge on any atom is 0.259 e. The SMILES string of the molecule is CCOc1ccccc1C(=O)Nc1ccccc1C(=O)N[C@@H](C)c1ccccc1. The van der Waals surface area contributed by atoms with Crippen molar-refractivity contribution in [2.45, 2.75) is 19.9 Å². The van der Waals surface area contributed by atoms with Crippen LogP contribution in [0, 0.1) is 0 Å². The van der Waals surface area contributed by atoms with Gasteiger partial charge in [0.05, 0.1) is 29.5 Å². The van der Waals surface area contributed by atoms with Crippen molar-refractivity contribution in [1.29, 1.82) is 0 Å². The summed E-state index contributed by atoms with van der Waals surface area (Å²) in [4.78, 5) is 25.7. The third kappa shape index (κ3) is 5.02. The molecule has 0 bridgehead atoms. The molecule has 1 atom stereocenters. The second kappa shape index (κ2) is 9.55. The molecule has 2 amide bonds. The van der Waals surface area contributed by atoms with E-state index in [0.717, 1.165) is 5.56 Å². The number of nitrogens with one attached hydrogen (secondary N) is 2. The lowest BCUT2D eigenvalue weighted by atomic mass is 10.1. The number of hydrogen-bond acceptors (Lipinski definition) is 3. The lowest BCUT2D eigenvalue weighted by molar-refractivity contribution is 0.0941. The second-order valence-electron chi connectivity index (χ2n) is 6.53. The predicted molar refractivity (Wildman–Crippen MR) is 114 cm³/mol. The highest BCUT2D eigenvalue weighted by Gasteiger charge is 2.18. The van der Waals surface area contributed by atoms with Crippen LogP contribution in [0.25, 0.3) is 0 Å². The van der Waals surface area contributed by atoms with Crippen molar-refractivity contribution in [1.82, 2.24) is 5.32 Å². The molecule has 148 valence electrons. The number of carbonyl (C=O) groups is 2. The summed E-state index contributed by atoms with van der Waals surface area (Å²) < 4.78 is 5.54. The van der Waals surface area contributed by atoms with E-state index >= 15 is 0 Å². The molecule has 5 heteroatoms. The van der Waals surface area contributed by atoms with E-state index in [4.69, 9.17) is 4.74 Å². The topological polar surface area (TPSA) is 67.4 Å². The molecule has 29 heavy (non-hydrogen) atoms. The van der Waals surface area contributed by atoms with Crippen molar-refractivity contribution >= 4 is 17.5 Å². The van der Waals surface area contributed by atoms with Crippen molar-refractivity contribution in [2.24, 2.45) is 0 Å². The number of para-hydroxylation sites is 2. The van der Waals surface area contributed by atoms with Crippen LogP contribution in [0.15, 0.2) is 78.9 Å². The molecule has 0 saturated carbocycles. The molecule has 3 aromatic rings. The van der Waals surface area contributed by atoms with Crippen LogP contribution in [0.1, 0.15) is 46.2 Å². The van der Waals surface area contributed by atoms with Crippen LogP contribution in [0.4, 0.5) is 5.69 Å². The fourth-order valence-electron chi connectivity index (χ4n) is 3.01. The number of hydrogen-bond donors (Lipinski definition) is 2. The van der Waals surface area contributed by atoms with E-state index in [2.05, 4.69) is 10.6 Å². The van der Waals surface area contributed by atoms with Gasteiger partial charge in [-0.25, -0.2) is 0 Å². The van der Waals surface area contributed by atoms with Crippen molar-refractivity contribution in [3.63, 3.8) is 0 Å². The lowest BCUT2D eigenvalue weighted by Gasteiger charge is -2.17. The zero-order chi connectivity index (χ0) is 20.6. The predicted octanol–water partition coefficient (Wildman–Crippen LogP) is 4.83. The summed E-state index contributed by atoms with van der Waals surface area (Å²) in [6, 6.07) is 23.5. The summed E-state index contributed by atoms with van der Waals surface area (Å²) in [5, 5.41) is 5.82. The Balaban J connectivity index is 1.78. The minimum Gasteiger partial charge on any atom is -0.493 e. The number of rotatable bonds is 7. The van der Waals surface area contributed by atoms with Crippen LogP contribution in [0.5, 0.6) is 5.75 Å². The van der Waals surface area contributed by atoms with Gasteiger partial charge in [0.1, 0.15) is 5.75 Å². The zero-order valence-corrected chi connectivity index (χ0v) is 16.5. The van der Waals surface area contributed by atoms with Gasteiger partial charge >= 0.3 is 0 Å². The molecule has 5 nitrogen and oxygen atoms in total. The van der Waals surface area contributed by atoms with Gasteiger partial charge in [0.15, 0.2) is 0 Å². The highest BCUT2D eigenvalue weighted by Crippen LogP contribution is 2.22. The summed E-state index contributed by atoms with van der Waals surface area (Å²) in [6.07, 6.45) is 0. The smallest absolute Gasteiger partial charge is 0.259 e. The summed E-state index contributed by atoms with van der Waals surface area (Å²) >= 11 is 0. The Kier molecular flexibility index (Phi) is 6.63. The number of anilines is 1. The van der Waals surface area contributed by atoms with Gasteiger partial charge in [0.2, 0.25) is 0 Å². The van der Waals surface area contributed by atoms with Crippen molar-refractivity contribution in [3.05, 3.63) is 95.6 Å². The first-order chi connectivity index (χ1) is 14.1. The van der Waals surface area contributed by atoms with Gasteiger partial charge in [0, 0.05) is 0 Å². The number of carbonyl (C=O) groups excluding carboxylic acids is 2. The molecule has 0 unspecified atom stereocenters. The van der Waals surface area contributed by atoms with Crippen LogP contribution in [0.3, 0.4) is 0 Å². The summed E-state index contributed by atoms with van der Waals surface area (Å²) in [5.41, 5.74) is 2.27. The van der Waals surface area contributed by atoms with Gasteiger partial charge in [-0.2, -0.15) is 0 Å². The molecule has 3 rings (SSSR count). The Morgan fingerprint density at radius 1 is 0.828 bits per heavy atom. The Hall–Kier alpha value is -3.60. The maximum absolute atomic E-state index is 12.8. The summed E-state index contributed by atoms with van der Waals surface area (Å²) in [5.74, 6) is -0.0760. The van der Waals surface area contributed by atoms with E-state index in [9.17, 15) is 9.59 Å². The first-order valence-corrected chi connectivity index (χ1v) is 9.58. The van der Waals surface area contributed by atoms with Crippen LogP contribution >= 0.6 is 0 Å². The number of ether oxygens (including phenoxy) is 1. The van der Waals surface area contributed by atoms with Crippen molar-refractivity contribution < 1.29 is 14.3 Å². The molecular formula is C24H24N2O3. The molecule has 0 radical (unpaired) electrons. The van der Waals surface area contributed by atoms with Gasteiger partial charge < -0.3 is 15.4 Å². The lowest BCUT2D eigenvalue weighted by Crippen LogP contribution is -2.28. The minimum atomic E-state index is -0.328. The van der Waals surface area contributed by atoms with Crippen LogP contribution < -0.4 is 15.4 Å². The highest BCUT2D eigenvalue weighted by molar-refractivity contribution is 6.10. The molecule has 2 N–H and O–H groups in total. The van der Waals surface area contributed by atoms with Gasteiger partial charge in [-0.15, -0.1) is 0 Å². The molecule has 0 aliphatic carbocycles. The Morgan fingerprint density at radius 3 is 2.17 bits per heavy atom. The number of amides is 2. The zero-order valence-electron chi connectivity index (χ0n) is 16.5. The Morgan fingerprint density at radius 2 is 1.45 bits per heavy atom. The maximum atomic E-state index is 12.8. The number of benzene rings is 3. The molecule has 0 aromatic heterocycles. The average Bonchev–Trinajstić information content (AvgIpc) is 2.75. The highest BCUT2D eigenvalue weighted by atomic mass is 16.5. The molecule has 3 aromatic carbocycles. The molecule has 0 aliphatic heterocycles. The van der Waals surface area contributed by atoms with Gasteiger partial charge in [-0.1, -0.05) is 54.6 Å². The monoisotopic (exact) mass is 388 g/mol. The first kappa shape index (κ1) is 20.1. The molecule has 0 saturated heterocycles. The van der Waals surface area contributed by atoms with Gasteiger partial charge in [-0.3, -0.25) is 9.59 Å². The fraction of sp³-hybridized carbons (Fsp3) is 0.167. The molecule has 0 spiro atoms. The van der Waals surface area contributed by atoms with E-state index < -0.39 is 0 Å². The molecular weight excluding hydrogens is 364 g/mol. The van der Waals surface area contributed by atoms with Crippen LogP contribution in [0.2, 0.25) is 0 Å². The van der Waals surface area contributed by atoms with Crippen LogP contribution in [-0.2, 0) is 0 Å². The normalized spacial score (nSPS) is 11.4. The third-order valence-corrected chi connectivity index (χ3v) is 4.50. The van der Waals surface area contributed by atoms with Crippen LogP contribution in [-0.4, -0.2) is 18.4 Å². The Labute approximate surface area is 170 Å². The molecule has 0 heterocycles. The van der Waals surface area contributed by atoms with E-state index in [-0.39, 0.29) is 17.9 Å². The molecule has 0 aliphatic rings. The van der Waals surface area contributed by atoms with Crippen molar-refractivity contribution in [3.8, 4) is 5.75 Å². The van der Waals surface area contributed by atoms with E-state index in [1.807, 2.05) is 50.2 Å². The summed E-state index contributed by atoms with van der Waals surface area (Å²) in [6.45, 7) is 4.25. The van der Waals surface area contributed by atoms with Gasteiger partial charge in [0.25, 0.3) is 11.8 Å². The fourth-order valence-corrected chi connectivity index (χ4v) is 3.01. The molecule has 0 fully saturated rings. The van der Waals surface area contributed by atoms with E-state index in [1.54, 1.807) is 42.5 Å². The van der Waals surface area contributed by atoms with Crippen molar-refractivity contribution in [2.75, 3.05) is 11.9 Å². The first-order valence-electron chi connectivity index (χ1n) is 9.58. The largest absolute Gasteiger partial charge is 0.493 e. The Bertz CT molecular complexity index is 986.